The molecular formula is C11H20O2S. The summed E-state index contributed by atoms with van der Waals surface area (Å²) in [6.07, 6.45) is 6.18. The zero-order valence-corrected chi connectivity index (χ0v) is 9.99. The van der Waals surface area contributed by atoms with E-state index in [0.29, 0.717) is 13.0 Å². The predicted molar refractivity (Wildman–Crippen MR) is 62.6 cm³/mol. The molecule has 0 amide bonds. The molecule has 14 heavy (non-hydrogen) atoms. The number of esters is 1. The number of hydrogen-bond donors (Lipinski definition) is 0. The molecule has 2 nitrogen and oxygen atoms in total. The van der Waals surface area contributed by atoms with E-state index in [0.717, 1.165) is 17.7 Å². The minimum Gasteiger partial charge on any atom is -0.460 e. The average molecular weight is 216 g/mol. The monoisotopic (exact) mass is 216 g/mol. The maximum Gasteiger partial charge on any atom is 0.305 e. The molecule has 82 valence electrons. The molecule has 0 saturated heterocycles. The first kappa shape index (κ1) is 13.6. The fraction of sp³-hybridized carbons (Fsp3) is 0.818. The number of ether oxygens (including phenoxy) is 1. The molecule has 0 heterocycles. The third kappa shape index (κ3) is 8.17. The summed E-state index contributed by atoms with van der Waals surface area (Å²) in [5, 5.41) is 0. The first-order chi connectivity index (χ1) is 6.70. The Hall–Kier alpha value is -0.440. The second-order valence-corrected chi connectivity index (χ2v) is 3.94. The SMILES string of the molecule is CCCCCCC(=S)COC(=O)CC. The summed E-state index contributed by atoms with van der Waals surface area (Å²) in [5.74, 6) is -0.166. The summed E-state index contributed by atoms with van der Waals surface area (Å²) in [5.41, 5.74) is 0. The number of carbonyl (C=O) groups excluding carboxylic acids is 1. The van der Waals surface area contributed by atoms with E-state index in [4.69, 9.17) is 17.0 Å². The summed E-state index contributed by atoms with van der Waals surface area (Å²) >= 11 is 5.09. The van der Waals surface area contributed by atoms with Crippen LogP contribution in [0.15, 0.2) is 0 Å². The molecule has 0 aromatic rings. The predicted octanol–water partition coefficient (Wildman–Crippen LogP) is 3.28. The van der Waals surface area contributed by atoms with Crippen LogP contribution in [0.3, 0.4) is 0 Å². The summed E-state index contributed by atoms with van der Waals surface area (Å²) in [6.45, 7) is 4.29. The van der Waals surface area contributed by atoms with Crippen molar-refractivity contribution in [2.45, 2.75) is 52.4 Å². The van der Waals surface area contributed by atoms with Gasteiger partial charge in [-0.05, 0) is 12.8 Å². The van der Waals surface area contributed by atoms with Crippen molar-refractivity contribution in [2.75, 3.05) is 6.61 Å². The van der Waals surface area contributed by atoms with Gasteiger partial charge in [0, 0.05) is 11.3 Å². The van der Waals surface area contributed by atoms with Gasteiger partial charge in [0.2, 0.25) is 0 Å². The van der Waals surface area contributed by atoms with Gasteiger partial charge in [-0.3, -0.25) is 4.79 Å². The summed E-state index contributed by atoms with van der Waals surface area (Å²) in [7, 11) is 0. The Morgan fingerprint density at radius 3 is 2.50 bits per heavy atom. The van der Waals surface area contributed by atoms with Crippen molar-refractivity contribution in [3.63, 3.8) is 0 Å². The Bertz CT molecular complexity index is 178. The van der Waals surface area contributed by atoms with Gasteiger partial charge in [0.05, 0.1) is 0 Å². The molecular weight excluding hydrogens is 196 g/mol. The van der Waals surface area contributed by atoms with Gasteiger partial charge in [-0.1, -0.05) is 45.3 Å². The number of rotatable bonds is 8. The van der Waals surface area contributed by atoms with Crippen molar-refractivity contribution < 1.29 is 9.53 Å². The van der Waals surface area contributed by atoms with Crippen LogP contribution in [-0.4, -0.2) is 17.4 Å². The Balaban J connectivity index is 3.32. The zero-order chi connectivity index (χ0) is 10.8. The van der Waals surface area contributed by atoms with Gasteiger partial charge in [0.25, 0.3) is 0 Å². The van der Waals surface area contributed by atoms with Crippen LogP contribution in [-0.2, 0) is 9.53 Å². The molecule has 0 spiro atoms. The maximum atomic E-state index is 10.8. The molecule has 3 heteroatoms. The van der Waals surface area contributed by atoms with E-state index >= 15 is 0 Å². The second kappa shape index (κ2) is 9.13. The standard InChI is InChI=1S/C11H20O2S/c1-3-5-6-7-8-10(14)9-13-11(12)4-2/h3-9H2,1-2H3. The van der Waals surface area contributed by atoms with Crippen molar-refractivity contribution in [3.8, 4) is 0 Å². The van der Waals surface area contributed by atoms with E-state index in [-0.39, 0.29) is 5.97 Å². The lowest BCUT2D eigenvalue weighted by atomic mass is 10.1. The van der Waals surface area contributed by atoms with Crippen LogP contribution >= 0.6 is 12.2 Å². The van der Waals surface area contributed by atoms with Crippen LogP contribution in [0.4, 0.5) is 0 Å². The van der Waals surface area contributed by atoms with E-state index in [1.165, 1.54) is 19.3 Å². The lowest BCUT2D eigenvalue weighted by Gasteiger charge is -2.04. The van der Waals surface area contributed by atoms with Crippen LogP contribution < -0.4 is 0 Å². The average Bonchev–Trinajstić information content (AvgIpc) is 2.21. The number of unbranched alkanes of at least 4 members (excludes halogenated alkanes) is 3. The van der Waals surface area contributed by atoms with Gasteiger partial charge in [0.1, 0.15) is 6.61 Å². The van der Waals surface area contributed by atoms with Gasteiger partial charge in [0.15, 0.2) is 0 Å². The van der Waals surface area contributed by atoms with Crippen molar-refractivity contribution in [3.05, 3.63) is 0 Å². The summed E-state index contributed by atoms with van der Waals surface area (Å²) in [6, 6.07) is 0. The smallest absolute Gasteiger partial charge is 0.305 e. The van der Waals surface area contributed by atoms with Crippen molar-refractivity contribution in [2.24, 2.45) is 0 Å². The topological polar surface area (TPSA) is 26.3 Å². The quantitative estimate of drug-likeness (QED) is 0.354. The molecule has 0 aliphatic rings. The molecule has 0 aliphatic heterocycles. The normalized spacial score (nSPS) is 9.86. The lowest BCUT2D eigenvalue weighted by molar-refractivity contribution is -0.141. The molecule has 0 unspecified atom stereocenters. The second-order valence-electron chi connectivity index (χ2n) is 3.36. The highest BCUT2D eigenvalue weighted by Gasteiger charge is 2.01. The molecule has 0 radical (unpaired) electrons. The molecule has 0 aromatic heterocycles. The molecule has 0 aromatic carbocycles. The van der Waals surface area contributed by atoms with Gasteiger partial charge in [-0.2, -0.15) is 0 Å². The lowest BCUT2D eigenvalue weighted by Crippen LogP contribution is -2.11. The third-order valence-corrected chi connectivity index (χ3v) is 2.31. The van der Waals surface area contributed by atoms with Crippen molar-refractivity contribution >= 4 is 23.1 Å². The summed E-state index contributed by atoms with van der Waals surface area (Å²) in [4.78, 5) is 11.7. The Morgan fingerprint density at radius 2 is 1.93 bits per heavy atom. The Kier molecular flexibility index (Phi) is 8.84. The van der Waals surface area contributed by atoms with E-state index in [9.17, 15) is 4.79 Å². The molecule has 0 rings (SSSR count). The van der Waals surface area contributed by atoms with Crippen LogP contribution in [0, 0.1) is 0 Å². The number of thiocarbonyl (C=S) groups is 1. The number of hydrogen-bond acceptors (Lipinski definition) is 3. The fourth-order valence-electron chi connectivity index (χ4n) is 1.08. The minimum atomic E-state index is -0.166. The number of carbonyl (C=O) groups is 1. The fourth-order valence-corrected chi connectivity index (χ4v) is 1.29. The van der Waals surface area contributed by atoms with E-state index < -0.39 is 0 Å². The third-order valence-electron chi connectivity index (χ3n) is 1.99. The largest absolute Gasteiger partial charge is 0.460 e. The highest BCUT2D eigenvalue weighted by molar-refractivity contribution is 7.80. The van der Waals surface area contributed by atoms with E-state index in [1.54, 1.807) is 6.92 Å². The first-order valence-corrected chi connectivity index (χ1v) is 5.78. The molecule has 0 bridgehead atoms. The molecule has 0 aliphatic carbocycles. The van der Waals surface area contributed by atoms with Gasteiger partial charge in [-0.15, -0.1) is 0 Å². The van der Waals surface area contributed by atoms with Crippen molar-refractivity contribution in [1.82, 2.24) is 0 Å². The van der Waals surface area contributed by atoms with E-state index in [2.05, 4.69) is 6.92 Å². The zero-order valence-electron chi connectivity index (χ0n) is 9.17. The molecule has 0 saturated carbocycles. The van der Waals surface area contributed by atoms with Crippen LogP contribution in [0.1, 0.15) is 52.4 Å². The highest BCUT2D eigenvalue weighted by atomic mass is 32.1. The van der Waals surface area contributed by atoms with Gasteiger partial charge in [-0.25, -0.2) is 0 Å². The van der Waals surface area contributed by atoms with Crippen LogP contribution in [0.5, 0.6) is 0 Å². The Morgan fingerprint density at radius 1 is 1.21 bits per heavy atom. The maximum absolute atomic E-state index is 10.8. The van der Waals surface area contributed by atoms with Gasteiger partial charge < -0.3 is 4.74 Å². The molecule has 0 fully saturated rings. The summed E-state index contributed by atoms with van der Waals surface area (Å²) < 4.78 is 4.93. The van der Waals surface area contributed by atoms with E-state index in [1.807, 2.05) is 0 Å². The van der Waals surface area contributed by atoms with Gasteiger partial charge >= 0.3 is 5.97 Å². The highest BCUT2D eigenvalue weighted by Crippen LogP contribution is 2.04. The molecule has 0 atom stereocenters. The van der Waals surface area contributed by atoms with Crippen molar-refractivity contribution in [1.29, 1.82) is 0 Å². The van der Waals surface area contributed by atoms with Crippen LogP contribution in [0.2, 0.25) is 0 Å². The molecule has 0 N–H and O–H groups in total. The minimum absolute atomic E-state index is 0.166. The Labute approximate surface area is 92.0 Å². The van der Waals surface area contributed by atoms with Crippen LogP contribution in [0.25, 0.3) is 0 Å². The first-order valence-electron chi connectivity index (χ1n) is 5.38.